The molecule has 1 atom stereocenters. The Hall–Kier alpha value is -3.13. The molecule has 0 bridgehead atoms. The molecule has 1 aromatic heterocycles. The summed E-state index contributed by atoms with van der Waals surface area (Å²) in [5, 5.41) is 7.30. The van der Waals surface area contributed by atoms with Crippen LogP contribution in [0.15, 0.2) is 47.1 Å². The molecule has 1 heterocycles. The SMILES string of the molecule is CCN(CC(=O)Nc1ccc(NC(C)=O)cc1)C(=O)C[NH2+][C@H](C)c1ccco1. The van der Waals surface area contributed by atoms with E-state index in [1.54, 1.807) is 30.5 Å². The van der Waals surface area contributed by atoms with Gasteiger partial charge >= 0.3 is 0 Å². The third-order valence-electron chi connectivity index (χ3n) is 4.20. The third-order valence-corrected chi connectivity index (χ3v) is 4.20. The molecule has 1 aromatic carbocycles. The summed E-state index contributed by atoms with van der Waals surface area (Å²) in [5.74, 6) is 0.252. The van der Waals surface area contributed by atoms with Gasteiger partial charge in [-0.25, -0.2) is 0 Å². The van der Waals surface area contributed by atoms with E-state index < -0.39 is 0 Å². The van der Waals surface area contributed by atoms with Crippen LogP contribution < -0.4 is 16.0 Å². The van der Waals surface area contributed by atoms with E-state index >= 15 is 0 Å². The molecule has 2 rings (SSSR count). The lowest BCUT2D eigenvalue weighted by Crippen LogP contribution is -2.87. The first-order valence-corrected chi connectivity index (χ1v) is 9.21. The number of carbonyl (C=O) groups is 3. The van der Waals surface area contributed by atoms with Gasteiger partial charge in [-0.3, -0.25) is 14.4 Å². The largest absolute Gasteiger partial charge is 0.463 e. The number of anilines is 2. The molecular formula is C20H27N4O4+. The molecule has 0 radical (unpaired) electrons. The fourth-order valence-electron chi connectivity index (χ4n) is 2.66. The first kappa shape index (κ1) is 21.2. The molecule has 0 aliphatic rings. The molecule has 4 N–H and O–H groups in total. The van der Waals surface area contributed by atoms with Crippen molar-refractivity contribution < 1.29 is 24.1 Å². The highest BCUT2D eigenvalue weighted by molar-refractivity contribution is 5.95. The van der Waals surface area contributed by atoms with E-state index in [1.165, 1.54) is 11.8 Å². The van der Waals surface area contributed by atoms with E-state index in [0.717, 1.165) is 5.76 Å². The highest BCUT2D eigenvalue weighted by Crippen LogP contribution is 2.13. The minimum absolute atomic E-state index is 0.0219. The average Bonchev–Trinajstić information content (AvgIpc) is 3.20. The van der Waals surface area contributed by atoms with Gasteiger partial charge in [0.25, 0.3) is 5.91 Å². The molecule has 0 spiro atoms. The van der Waals surface area contributed by atoms with Crippen LogP contribution in [0.3, 0.4) is 0 Å². The number of amides is 3. The van der Waals surface area contributed by atoms with Gasteiger partial charge in [-0.15, -0.1) is 0 Å². The van der Waals surface area contributed by atoms with Crippen molar-refractivity contribution in [1.29, 1.82) is 0 Å². The van der Waals surface area contributed by atoms with Crippen molar-refractivity contribution in [3.05, 3.63) is 48.4 Å². The van der Waals surface area contributed by atoms with Gasteiger partial charge in [0.15, 0.2) is 12.3 Å². The Morgan fingerprint density at radius 1 is 1.11 bits per heavy atom. The van der Waals surface area contributed by atoms with Crippen LogP contribution >= 0.6 is 0 Å². The fraction of sp³-hybridized carbons (Fsp3) is 0.350. The maximum absolute atomic E-state index is 12.4. The molecule has 8 heteroatoms. The standard InChI is InChI=1S/C20H26N4O4/c1-4-24(20(27)12-21-14(2)18-6-5-11-28-18)13-19(26)23-17-9-7-16(8-10-17)22-15(3)25/h5-11,14,21H,4,12-13H2,1-3H3,(H,22,25)(H,23,26)/p+1/t14-/m1/s1. The average molecular weight is 387 g/mol. The van der Waals surface area contributed by atoms with Crippen LogP contribution in [-0.2, 0) is 14.4 Å². The lowest BCUT2D eigenvalue weighted by molar-refractivity contribution is -0.685. The Balaban J connectivity index is 1.82. The molecule has 0 saturated heterocycles. The van der Waals surface area contributed by atoms with Crippen LogP contribution in [0.2, 0.25) is 0 Å². The van der Waals surface area contributed by atoms with Crippen molar-refractivity contribution in [1.82, 2.24) is 4.90 Å². The summed E-state index contributed by atoms with van der Waals surface area (Å²) in [6.07, 6.45) is 1.60. The van der Waals surface area contributed by atoms with Crippen molar-refractivity contribution in [2.24, 2.45) is 0 Å². The number of likely N-dealkylation sites (N-methyl/N-ethyl adjacent to an activating group) is 1. The lowest BCUT2D eigenvalue weighted by Gasteiger charge is -2.20. The van der Waals surface area contributed by atoms with Crippen LogP contribution in [0, 0.1) is 0 Å². The summed E-state index contributed by atoms with van der Waals surface area (Å²) >= 11 is 0. The van der Waals surface area contributed by atoms with Crippen molar-refractivity contribution in [2.75, 3.05) is 30.3 Å². The van der Waals surface area contributed by atoms with E-state index in [4.69, 9.17) is 4.42 Å². The van der Waals surface area contributed by atoms with Crippen molar-refractivity contribution in [3.8, 4) is 0 Å². The van der Waals surface area contributed by atoms with Gasteiger partial charge in [-0.2, -0.15) is 0 Å². The fourth-order valence-corrected chi connectivity index (χ4v) is 2.66. The quantitative estimate of drug-likeness (QED) is 0.603. The highest BCUT2D eigenvalue weighted by atomic mass is 16.3. The summed E-state index contributed by atoms with van der Waals surface area (Å²) in [7, 11) is 0. The van der Waals surface area contributed by atoms with E-state index in [0.29, 0.717) is 17.9 Å². The molecule has 0 aliphatic heterocycles. The van der Waals surface area contributed by atoms with E-state index in [2.05, 4.69) is 10.6 Å². The highest BCUT2D eigenvalue weighted by Gasteiger charge is 2.19. The first-order chi connectivity index (χ1) is 13.4. The monoisotopic (exact) mass is 387 g/mol. The van der Waals surface area contributed by atoms with E-state index in [9.17, 15) is 14.4 Å². The second kappa shape index (κ2) is 10.3. The van der Waals surface area contributed by atoms with Gasteiger partial charge in [0.2, 0.25) is 11.8 Å². The first-order valence-electron chi connectivity index (χ1n) is 9.21. The topological polar surface area (TPSA) is 108 Å². The minimum Gasteiger partial charge on any atom is -0.463 e. The number of rotatable bonds is 9. The second-order valence-electron chi connectivity index (χ2n) is 6.46. The Morgan fingerprint density at radius 3 is 2.29 bits per heavy atom. The Morgan fingerprint density at radius 2 is 1.75 bits per heavy atom. The maximum atomic E-state index is 12.4. The Labute approximate surface area is 164 Å². The van der Waals surface area contributed by atoms with Crippen molar-refractivity contribution >= 4 is 29.1 Å². The summed E-state index contributed by atoms with van der Waals surface area (Å²) in [5.41, 5.74) is 1.25. The number of hydrogen-bond acceptors (Lipinski definition) is 4. The Kier molecular flexibility index (Phi) is 7.76. The number of carbonyl (C=O) groups excluding carboxylic acids is 3. The molecule has 0 unspecified atom stereocenters. The molecule has 0 saturated carbocycles. The van der Waals surface area contributed by atoms with Crippen molar-refractivity contribution in [2.45, 2.75) is 26.8 Å². The van der Waals surface area contributed by atoms with Gasteiger partial charge in [-0.05, 0) is 50.2 Å². The van der Waals surface area contributed by atoms with E-state index in [-0.39, 0.29) is 36.9 Å². The zero-order valence-corrected chi connectivity index (χ0v) is 16.4. The van der Waals surface area contributed by atoms with Gasteiger partial charge in [0.05, 0.1) is 6.26 Å². The number of furan rings is 1. The molecule has 0 fully saturated rings. The minimum atomic E-state index is -0.276. The number of nitrogens with zero attached hydrogens (tertiary/aromatic N) is 1. The predicted octanol–water partition coefficient (Wildman–Crippen LogP) is 1.35. The third kappa shape index (κ3) is 6.55. The van der Waals surface area contributed by atoms with Gasteiger partial charge < -0.3 is 25.3 Å². The Bertz CT molecular complexity index is 787. The van der Waals surface area contributed by atoms with Gasteiger partial charge in [0.1, 0.15) is 12.6 Å². The van der Waals surface area contributed by atoms with Crippen LogP contribution in [0.25, 0.3) is 0 Å². The van der Waals surface area contributed by atoms with E-state index in [1.807, 2.05) is 31.3 Å². The summed E-state index contributed by atoms with van der Waals surface area (Å²) in [6, 6.07) is 10.5. The number of quaternary nitrogens is 1. The summed E-state index contributed by atoms with van der Waals surface area (Å²) < 4.78 is 5.33. The van der Waals surface area contributed by atoms with Crippen LogP contribution in [-0.4, -0.2) is 42.3 Å². The maximum Gasteiger partial charge on any atom is 0.278 e. The molecule has 150 valence electrons. The van der Waals surface area contributed by atoms with Crippen LogP contribution in [0.1, 0.15) is 32.6 Å². The number of hydrogen-bond donors (Lipinski definition) is 3. The molecule has 0 aliphatic carbocycles. The zero-order chi connectivity index (χ0) is 20.5. The van der Waals surface area contributed by atoms with Gasteiger partial charge in [-0.1, -0.05) is 0 Å². The van der Waals surface area contributed by atoms with Crippen LogP contribution in [0.4, 0.5) is 11.4 Å². The predicted molar refractivity (Wildman–Crippen MR) is 106 cm³/mol. The molecule has 3 amide bonds. The molecule has 28 heavy (non-hydrogen) atoms. The molecule has 8 nitrogen and oxygen atoms in total. The smallest absolute Gasteiger partial charge is 0.278 e. The summed E-state index contributed by atoms with van der Waals surface area (Å²) in [6.45, 7) is 5.87. The van der Waals surface area contributed by atoms with Crippen LogP contribution in [0.5, 0.6) is 0 Å². The zero-order valence-electron chi connectivity index (χ0n) is 16.4. The number of benzene rings is 1. The normalized spacial score (nSPS) is 11.5. The van der Waals surface area contributed by atoms with Gasteiger partial charge in [0, 0.05) is 24.8 Å². The second-order valence-corrected chi connectivity index (χ2v) is 6.46. The van der Waals surface area contributed by atoms with Crippen molar-refractivity contribution in [3.63, 3.8) is 0 Å². The summed E-state index contributed by atoms with van der Waals surface area (Å²) in [4.78, 5) is 37.2. The lowest BCUT2D eigenvalue weighted by atomic mass is 10.2. The molecule has 2 aromatic rings. The number of nitrogens with two attached hydrogens (primary N) is 1. The molecular weight excluding hydrogens is 360 g/mol. The number of nitrogens with one attached hydrogen (secondary N) is 2.